The first kappa shape index (κ1) is 9.44. The van der Waals surface area contributed by atoms with Gasteiger partial charge in [-0.15, -0.1) is 0 Å². The van der Waals surface area contributed by atoms with Crippen molar-refractivity contribution in [3.05, 3.63) is 24.3 Å². The molecule has 0 aliphatic heterocycles. The molecule has 3 N–H and O–H groups in total. The van der Waals surface area contributed by atoms with Crippen molar-refractivity contribution in [2.75, 3.05) is 5.32 Å². The van der Waals surface area contributed by atoms with E-state index in [9.17, 15) is 9.18 Å². The summed E-state index contributed by atoms with van der Waals surface area (Å²) in [6, 6.07) is 2.23. The molecule has 70 valence electrons. The highest BCUT2D eigenvalue weighted by molar-refractivity contribution is 5.82. The monoisotopic (exact) mass is 183 g/mol. The van der Waals surface area contributed by atoms with Gasteiger partial charge in [-0.25, -0.2) is 4.98 Å². The first-order valence-electron chi connectivity index (χ1n) is 3.77. The highest BCUT2D eigenvalue weighted by atomic mass is 19.1. The van der Waals surface area contributed by atoms with Crippen LogP contribution in [0.3, 0.4) is 0 Å². The molecule has 13 heavy (non-hydrogen) atoms. The van der Waals surface area contributed by atoms with Crippen LogP contribution in [0.5, 0.6) is 0 Å². The van der Waals surface area contributed by atoms with Gasteiger partial charge in [-0.3, -0.25) is 4.79 Å². The lowest BCUT2D eigenvalue weighted by Gasteiger charge is -2.10. The number of nitrogens with zero attached hydrogens (tertiary/aromatic N) is 1. The van der Waals surface area contributed by atoms with Gasteiger partial charge in [0.25, 0.3) is 0 Å². The number of nitrogens with one attached hydrogen (secondary N) is 1. The van der Waals surface area contributed by atoms with Gasteiger partial charge in [-0.05, 0) is 13.0 Å². The zero-order valence-electron chi connectivity index (χ0n) is 7.12. The zero-order valence-corrected chi connectivity index (χ0v) is 7.12. The average molecular weight is 183 g/mol. The number of carbonyl (C=O) groups is 1. The fraction of sp³-hybridized carbons (Fsp3) is 0.250. The van der Waals surface area contributed by atoms with E-state index in [4.69, 9.17) is 5.73 Å². The Balaban J connectivity index is 2.69. The Kier molecular flexibility index (Phi) is 2.79. The summed E-state index contributed by atoms with van der Waals surface area (Å²) in [5.41, 5.74) is 5.50. The van der Waals surface area contributed by atoms with E-state index in [1.54, 1.807) is 13.0 Å². The van der Waals surface area contributed by atoms with E-state index in [1.165, 1.54) is 12.3 Å². The molecule has 0 fully saturated rings. The third-order valence-corrected chi connectivity index (χ3v) is 1.54. The Morgan fingerprint density at radius 3 is 3.00 bits per heavy atom. The van der Waals surface area contributed by atoms with Gasteiger partial charge in [0.2, 0.25) is 11.9 Å². The molecule has 0 saturated heterocycles. The highest BCUT2D eigenvalue weighted by Crippen LogP contribution is 2.07. The van der Waals surface area contributed by atoms with Gasteiger partial charge in [0, 0.05) is 18.0 Å². The van der Waals surface area contributed by atoms with Gasteiger partial charge in [-0.2, -0.15) is 4.39 Å². The molecule has 1 aromatic rings. The van der Waals surface area contributed by atoms with Crippen LogP contribution in [0.4, 0.5) is 10.1 Å². The minimum Gasteiger partial charge on any atom is -0.374 e. The molecule has 4 nitrogen and oxygen atoms in total. The van der Waals surface area contributed by atoms with Crippen LogP contribution in [0.25, 0.3) is 0 Å². The van der Waals surface area contributed by atoms with Crippen molar-refractivity contribution in [2.45, 2.75) is 13.0 Å². The van der Waals surface area contributed by atoms with Crippen LogP contribution in [0, 0.1) is 5.95 Å². The molecule has 0 radical (unpaired) electrons. The van der Waals surface area contributed by atoms with Crippen LogP contribution in [0.15, 0.2) is 18.3 Å². The maximum Gasteiger partial charge on any atom is 0.239 e. The standard InChI is InChI=1S/C8H10FN3O/c1-5(8(10)13)12-6-2-3-11-7(9)4-6/h2-5H,1H3,(H2,10,13)(H,11,12)/t5-/m1/s1. The van der Waals surface area contributed by atoms with Gasteiger partial charge >= 0.3 is 0 Å². The Morgan fingerprint density at radius 1 is 1.77 bits per heavy atom. The number of halogens is 1. The van der Waals surface area contributed by atoms with Gasteiger partial charge in [0.05, 0.1) is 0 Å². The molecule has 5 heteroatoms. The lowest BCUT2D eigenvalue weighted by Crippen LogP contribution is -2.32. The Labute approximate surface area is 75.0 Å². The first-order valence-corrected chi connectivity index (χ1v) is 3.77. The second-order valence-electron chi connectivity index (χ2n) is 2.64. The molecule has 0 aliphatic carbocycles. The smallest absolute Gasteiger partial charge is 0.239 e. The number of amides is 1. The number of nitrogens with two attached hydrogens (primary N) is 1. The average Bonchev–Trinajstić information content (AvgIpc) is 2.04. The van der Waals surface area contributed by atoms with Crippen molar-refractivity contribution in [1.29, 1.82) is 0 Å². The SMILES string of the molecule is C[C@@H](Nc1ccnc(F)c1)C(N)=O. The molecule has 0 aliphatic rings. The summed E-state index contributed by atoms with van der Waals surface area (Å²) in [4.78, 5) is 14.0. The maximum atomic E-state index is 12.6. The van der Waals surface area contributed by atoms with Gasteiger partial charge in [0.1, 0.15) is 6.04 Å². The van der Waals surface area contributed by atoms with E-state index in [1.807, 2.05) is 0 Å². The summed E-state index contributed by atoms with van der Waals surface area (Å²) in [6.07, 6.45) is 1.31. The van der Waals surface area contributed by atoms with Crippen molar-refractivity contribution in [3.63, 3.8) is 0 Å². The lowest BCUT2D eigenvalue weighted by atomic mass is 10.3. The number of primary amides is 1. The first-order chi connectivity index (χ1) is 6.09. The molecule has 0 aromatic carbocycles. The quantitative estimate of drug-likeness (QED) is 0.671. The fourth-order valence-electron chi connectivity index (χ4n) is 0.813. The number of hydrogen-bond donors (Lipinski definition) is 2. The summed E-state index contributed by atoms with van der Waals surface area (Å²) in [5.74, 6) is -1.08. The van der Waals surface area contributed by atoms with Crippen LogP contribution < -0.4 is 11.1 Å². The number of pyridine rings is 1. The normalized spacial score (nSPS) is 12.2. The third kappa shape index (κ3) is 2.70. The Bertz CT molecular complexity index is 316. The van der Waals surface area contributed by atoms with Crippen molar-refractivity contribution in [1.82, 2.24) is 4.98 Å². The molecule has 0 unspecified atom stereocenters. The number of carbonyl (C=O) groups excluding carboxylic acids is 1. The number of aromatic nitrogens is 1. The number of anilines is 1. The van der Waals surface area contributed by atoms with Gasteiger partial charge in [0.15, 0.2) is 0 Å². The summed E-state index contributed by atoms with van der Waals surface area (Å²) in [7, 11) is 0. The van der Waals surface area contributed by atoms with Crippen LogP contribution in [0.1, 0.15) is 6.92 Å². The van der Waals surface area contributed by atoms with Crippen LogP contribution in [-0.4, -0.2) is 16.9 Å². The molecule has 0 spiro atoms. The van der Waals surface area contributed by atoms with Crippen molar-refractivity contribution >= 4 is 11.6 Å². The van der Waals surface area contributed by atoms with Crippen molar-refractivity contribution in [2.24, 2.45) is 5.73 Å². The Morgan fingerprint density at radius 2 is 2.46 bits per heavy atom. The van der Waals surface area contributed by atoms with E-state index in [2.05, 4.69) is 10.3 Å². The fourth-order valence-corrected chi connectivity index (χ4v) is 0.813. The maximum absolute atomic E-state index is 12.6. The minimum absolute atomic E-state index is 0.485. The van der Waals surface area contributed by atoms with Crippen LogP contribution in [-0.2, 0) is 4.79 Å². The van der Waals surface area contributed by atoms with E-state index < -0.39 is 17.9 Å². The summed E-state index contributed by atoms with van der Waals surface area (Å²) < 4.78 is 12.6. The second kappa shape index (κ2) is 3.84. The van der Waals surface area contributed by atoms with E-state index in [0.29, 0.717) is 5.69 Å². The lowest BCUT2D eigenvalue weighted by molar-refractivity contribution is -0.118. The predicted molar refractivity (Wildman–Crippen MR) is 46.5 cm³/mol. The molecule has 1 amide bonds. The van der Waals surface area contributed by atoms with Crippen molar-refractivity contribution < 1.29 is 9.18 Å². The van der Waals surface area contributed by atoms with E-state index in [0.717, 1.165) is 0 Å². The predicted octanol–water partition coefficient (Wildman–Crippen LogP) is 0.506. The molecule has 1 rings (SSSR count). The van der Waals surface area contributed by atoms with E-state index >= 15 is 0 Å². The summed E-state index contributed by atoms with van der Waals surface area (Å²) in [5, 5.41) is 2.73. The largest absolute Gasteiger partial charge is 0.374 e. The van der Waals surface area contributed by atoms with Gasteiger partial charge in [-0.1, -0.05) is 0 Å². The topological polar surface area (TPSA) is 68.0 Å². The van der Waals surface area contributed by atoms with Gasteiger partial charge < -0.3 is 11.1 Å². The molecular formula is C8H10FN3O. The van der Waals surface area contributed by atoms with E-state index in [-0.39, 0.29) is 0 Å². The number of hydrogen-bond acceptors (Lipinski definition) is 3. The summed E-state index contributed by atoms with van der Waals surface area (Å²) >= 11 is 0. The number of rotatable bonds is 3. The Hall–Kier alpha value is -1.65. The van der Waals surface area contributed by atoms with Crippen molar-refractivity contribution in [3.8, 4) is 0 Å². The molecule has 0 bridgehead atoms. The third-order valence-electron chi connectivity index (χ3n) is 1.54. The molecule has 1 heterocycles. The summed E-state index contributed by atoms with van der Waals surface area (Å²) in [6.45, 7) is 1.60. The van der Waals surface area contributed by atoms with Crippen LogP contribution in [0.2, 0.25) is 0 Å². The minimum atomic E-state index is -0.596. The highest BCUT2D eigenvalue weighted by Gasteiger charge is 2.07. The molecule has 0 saturated carbocycles. The molecule has 1 atom stereocenters. The molecule has 1 aromatic heterocycles. The molecular weight excluding hydrogens is 173 g/mol. The second-order valence-corrected chi connectivity index (χ2v) is 2.64. The van der Waals surface area contributed by atoms with Crippen LogP contribution >= 0.6 is 0 Å². The zero-order chi connectivity index (χ0) is 9.84.